The second-order valence-electron chi connectivity index (χ2n) is 6.05. The van der Waals surface area contributed by atoms with Gasteiger partial charge in [0.2, 0.25) is 0 Å². The second-order valence-corrected chi connectivity index (χ2v) is 7.86. The van der Waals surface area contributed by atoms with Crippen molar-refractivity contribution in [3.8, 4) is 0 Å². The summed E-state index contributed by atoms with van der Waals surface area (Å²) in [5.41, 5.74) is 5.24. The normalized spacial score (nSPS) is 22.9. The number of nitrogens with zero attached hydrogens (tertiary/aromatic N) is 2. The molecule has 0 spiro atoms. The quantitative estimate of drug-likeness (QED) is 0.807. The molecule has 0 aliphatic carbocycles. The first-order chi connectivity index (χ1) is 8.77. The van der Waals surface area contributed by atoms with E-state index in [1.165, 1.54) is 0 Å². The van der Waals surface area contributed by atoms with Crippen LogP contribution in [-0.2, 0) is 10.2 Å². The number of rotatable bonds is 6. The van der Waals surface area contributed by atoms with Gasteiger partial charge in [-0.15, -0.1) is 0 Å². The Labute approximate surface area is 118 Å². The molecule has 2 N–H and O–H groups in total. The first-order valence-electron chi connectivity index (χ1n) is 7.27. The number of piperidine rings is 1. The van der Waals surface area contributed by atoms with E-state index < -0.39 is 15.7 Å². The molecule has 114 valence electrons. The lowest BCUT2D eigenvalue weighted by Crippen LogP contribution is -2.58. The average Bonchev–Trinajstić information content (AvgIpc) is 2.35. The third-order valence-corrected chi connectivity index (χ3v) is 6.29. The van der Waals surface area contributed by atoms with Gasteiger partial charge in [-0.3, -0.25) is 0 Å². The van der Waals surface area contributed by atoms with E-state index in [0.717, 1.165) is 25.7 Å². The van der Waals surface area contributed by atoms with Gasteiger partial charge >= 0.3 is 0 Å². The van der Waals surface area contributed by atoms with E-state index in [9.17, 15) is 8.42 Å². The van der Waals surface area contributed by atoms with Gasteiger partial charge in [0.15, 0.2) is 0 Å². The molecule has 1 heterocycles. The molecule has 1 fully saturated rings. The van der Waals surface area contributed by atoms with Gasteiger partial charge in [0.1, 0.15) is 0 Å². The number of nitrogens with two attached hydrogens (primary N) is 1. The summed E-state index contributed by atoms with van der Waals surface area (Å²) in [5, 5.41) is 0. The van der Waals surface area contributed by atoms with E-state index in [0.29, 0.717) is 19.6 Å². The van der Waals surface area contributed by atoms with Gasteiger partial charge in [0, 0.05) is 31.2 Å². The Morgan fingerprint density at radius 1 is 1.37 bits per heavy atom. The SMILES string of the molecule is CCCN(C(C)(C)CN)S(=O)(=O)N1CCCCC1C. The fraction of sp³-hybridized carbons (Fsp3) is 1.00. The molecule has 19 heavy (non-hydrogen) atoms. The highest BCUT2D eigenvalue weighted by Gasteiger charge is 2.40. The predicted molar refractivity (Wildman–Crippen MR) is 79.1 cm³/mol. The molecule has 0 aromatic heterocycles. The van der Waals surface area contributed by atoms with Gasteiger partial charge in [0.05, 0.1) is 0 Å². The van der Waals surface area contributed by atoms with Gasteiger partial charge in [-0.25, -0.2) is 0 Å². The molecule has 1 atom stereocenters. The largest absolute Gasteiger partial charge is 0.329 e. The predicted octanol–water partition coefficient (Wildman–Crippen LogP) is 1.55. The Morgan fingerprint density at radius 2 is 2.00 bits per heavy atom. The zero-order valence-corrected chi connectivity index (χ0v) is 13.5. The Kier molecular flexibility index (Phi) is 5.79. The van der Waals surface area contributed by atoms with Crippen molar-refractivity contribution < 1.29 is 8.42 Å². The topological polar surface area (TPSA) is 66.6 Å². The molecule has 1 aliphatic heterocycles. The first kappa shape index (κ1) is 16.9. The highest BCUT2D eigenvalue weighted by Crippen LogP contribution is 2.27. The summed E-state index contributed by atoms with van der Waals surface area (Å²) in [5.74, 6) is 0. The van der Waals surface area contributed by atoms with Crippen LogP contribution >= 0.6 is 0 Å². The molecular weight excluding hydrogens is 262 g/mol. The molecule has 1 rings (SSSR count). The van der Waals surface area contributed by atoms with Gasteiger partial charge in [-0.2, -0.15) is 17.0 Å². The van der Waals surface area contributed by atoms with Crippen LogP contribution in [-0.4, -0.2) is 48.2 Å². The molecule has 0 bridgehead atoms. The molecule has 1 unspecified atom stereocenters. The molecule has 1 saturated heterocycles. The first-order valence-corrected chi connectivity index (χ1v) is 8.66. The van der Waals surface area contributed by atoms with E-state index in [2.05, 4.69) is 0 Å². The number of hydrogen-bond acceptors (Lipinski definition) is 3. The van der Waals surface area contributed by atoms with Crippen molar-refractivity contribution in [1.29, 1.82) is 0 Å². The van der Waals surface area contributed by atoms with Crippen LogP contribution in [0.15, 0.2) is 0 Å². The fourth-order valence-electron chi connectivity index (χ4n) is 2.58. The Morgan fingerprint density at radius 3 is 2.47 bits per heavy atom. The lowest BCUT2D eigenvalue weighted by atomic mass is 10.1. The summed E-state index contributed by atoms with van der Waals surface area (Å²) in [6.45, 7) is 9.27. The fourth-order valence-corrected chi connectivity index (χ4v) is 4.86. The van der Waals surface area contributed by atoms with Crippen LogP contribution in [0.3, 0.4) is 0 Å². The summed E-state index contributed by atoms with van der Waals surface area (Å²) in [7, 11) is -3.42. The van der Waals surface area contributed by atoms with Crippen LogP contribution in [0.2, 0.25) is 0 Å². The smallest absolute Gasteiger partial charge is 0.282 e. The van der Waals surface area contributed by atoms with E-state index in [1.807, 2.05) is 27.7 Å². The van der Waals surface area contributed by atoms with Crippen LogP contribution in [0.25, 0.3) is 0 Å². The number of hydrogen-bond donors (Lipinski definition) is 1. The molecule has 0 amide bonds. The molecule has 5 nitrogen and oxygen atoms in total. The molecule has 0 aromatic rings. The second kappa shape index (κ2) is 6.52. The minimum absolute atomic E-state index is 0.0895. The molecule has 1 aliphatic rings. The third-order valence-electron chi connectivity index (χ3n) is 3.92. The van der Waals surface area contributed by atoms with Crippen LogP contribution in [0, 0.1) is 0 Å². The van der Waals surface area contributed by atoms with Gasteiger partial charge in [0.25, 0.3) is 10.2 Å². The van der Waals surface area contributed by atoms with Crippen LogP contribution < -0.4 is 5.73 Å². The van der Waals surface area contributed by atoms with Crippen molar-refractivity contribution in [3.63, 3.8) is 0 Å². The van der Waals surface area contributed by atoms with Crippen LogP contribution in [0.4, 0.5) is 0 Å². The van der Waals surface area contributed by atoms with Crippen molar-refractivity contribution in [2.24, 2.45) is 5.73 Å². The zero-order valence-electron chi connectivity index (χ0n) is 12.7. The summed E-state index contributed by atoms with van der Waals surface area (Å²) in [4.78, 5) is 0. The summed E-state index contributed by atoms with van der Waals surface area (Å²) in [6, 6.07) is 0.0895. The highest BCUT2D eigenvalue weighted by molar-refractivity contribution is 7.86. The summed E-state index contributed by atoms with van der Waals surface area (Å²) < 4.78 is 29.0. The van der Waals surface area contributed by atoms with Crippen LogP contribution in [0.1, 0.15) is 53.4 Å². The summed E-state index contributed by atoms with van der Waals surface area (Å²) in [6.07, 6.45) is 3.81. The highest BCUT2D eigenvalue weighted by atomic mass is 32.2. The monoisotopic (exact) mass is 291 g/mol. The Bertz CT molecular complexity index is 381. The molecule has 0 saturated carbocycles. The Balaban J connectivity index is 3.05. The standard InChI is InChI=1S/C13H29N3O2S/c1-5-9-16(13(3,4)11-14)19(17,18)15-10-7-6-8-12(15)2/h12H,5-11,14H2,1-4H3. The maximum atomic E-state index is 12.9. The maximum Gasteiger partial charge on any atom is 0.282 e. The van der Waals surface area contributed by atoms with Gasteiger partial charge in [-0.1, -0.05) is 13.3 Å². The third kappa shape index (κ3) is 3.68. The van der Waals surface area contributed by atoms with E-state index in [-0.39, 0.29) is 6.04 Å². The van der Waals surface area contributed by atoms with Gasteiger partial charge < -0.3 is 5.73 Å². The van der Waals surface area contributed by atoms with Crippen molar-refractivity contribution in [3.05, 3.63) is 0 Å². The lowest BCUT2D eigenvalue weighted by molar-refractivity contribution is 0.190. The van der Waals surface area contributed by atoms with E-state index in [4.69, 9.17) is 5.73 Å². The maximum absolute atomic E-state index is 12.9. The van der Waals surface area contributed by atoms with Crippen molar-refractivity contribution in [2.75, 3.05) is 19.6 Å². The molecule has 0 aromatic carbocycles. The van der Waals surface area contributed by atoms with E-state index >= 15 is 0 Å². The molecular formula is C13H29N3O2S. The van der Waals surface area contributed by atoms with Gasteiger partial charge in [-0.05, 0) is 40.0 Å². The zero-order chi connectivity index (χ0) is 14.7. The molecule has 0 radical (unpaired) electrons. The van der Waals surface area contributed by atoms with Crippen molar-refractivity contribution in [1.82, 2.24) is 8.61 Å². The molecule has 6 heteroatoms. The average molecular weight is 291 g/mol. The van der Waals surface area contributed by atoms with Crippen molar-refractivity contribution >= 4 is 10.2 Å². The van der Waals surface area contributed by atoms with E-state index in [1.54, 1.807) is 8.61 Å². The minimum Gasteiger partial charge on any atom is -0.329 e. The summed E-state index contributed by atoms with van der Waals surface area (Å²) >= 11 is 0. The Hall–Kier alpha value is -0.170. The lowest BCUT2D eigenvalue weighted by Gasteiger charge is -2.42. The minimum atomic E-state index is -3.42. The van der Waals surface area contributed by atoms with Crippen LogP contribution in [0.5, 0.6) is 0 Å². The van der Waals surface area contributed by atoms with Crippen molar-refractivity contribution in [2.45, 2.75) is 65.0 Å².